The molecule has 6 heteroatoms. The Morgan fingerprint density at radius 3 is 1.81 bits per heavy atom. The number of esters is 1. The van der Waals surface area contributed by atoms with Gasteiger partial charge in [-0.3, -0.25) is 0 Å². The van der Waals surface area contributed by atoms with Gasteiger partial charge in [-0.05, 0) is 62.3 Å². The minimum atomic E-state index is -0.406. The van der Waals surface area contributed by atoms with E-state index < -0.39 is 5.97 Å². The molecular weight excluding hydrogens is 396 g/mol. The lowest BCUT2D eigenvalue weighted by molar-refractivity contribution is -0.143. The molecular formula is C25H40O6. The summed E-state index contributed by atoms with van der Waals surface area (Å²) < 4.78 is 5.68. The van der Waals surface area contributed by atoms with E-state index in [1.807, 2.05) is 0 Å². The second-order valence-electron chi connectivity index (χ2n) is 8.05. The van der Waals surface area contributed by atoms with Gasteiger partial charge in [0.25, 0.3) is 0 Å². The first-order valence-electron chi connectivity index (χ1n) is 11.7. The predicted octanol–water partition coefficient (Wildman–Crippen LogP) is 5.08. The highest BCUT2D eigenvalue weighted by Crippen LogP contribution is 2.25. The van der Waals surface area contributed by atoms with Gasteiger partial charge in [0.2, 0.25) is 0 Å². The minimum absolute atomic E-state index is 0.117. The number of carbonyl (C=O) groups excluding carboxylic acids is 1. The van der Waals surface area contributed by atoms with Gasteiger partial charge in [0.05, 0.1) is 0 Å². The van der Waals surface area contributed by atoms with Crippen molar-refractivity contribution in [3.63, 3.8) is 0 Å². The van der Waals surface area contributed by atoms with Crippen LogP contribution in [0.2, 0.25) is 0 Å². The monoisotopic (exact) mass is 436 g/mol. The molecule has 0 saturated heterocycles. The fourth-order valence-electron chi connectivity index (χ4n) is 3.48. The standard InChI is InChI=1S/C25H40O6/c26-18-10-6-3-1-2-4-8-12-22(13-9-5-7-11-19-27)31-25(30)17-15-21-14-16-23(28)24(29)20-21/h14-17,20,22,26-29H,1-13,18-19H2. The number of phenols is 2. The highest BCUT2D eigenvalue weighted by atomic mass is 16.5. The average Bonchev–Trinajstić information content (AvgIpc) is 2.76. The van der Waals surface area contributed by atoms with Crippen LogP contribution in [-0.2, 0) is 9.53 Å². The smallest absolute Gasteiger partial charge is 0.331 e. The van der Waals surface area contributed by atoms with Crippen LogP contribution < -0.4 is 0 Å². The lowest BCUT2D eigenvalue weighted by atomic mass is 10.0. The number of aliphatic hydroxyl groups excluding tert-OH is 2. The van der Waals surface area contributed by atoms with Crippen LogP contribution in [0.4, 0.5) is 0 Å². The number of phenolic OH excluding ortho intramolecular Hbond substituents is 2. The van der Waals surface area contributed by atoms with E-state index in [0.29, 0.717) is 5.56 Å². The molecule has 0 spiro atoms. The largest absolute Gasteiger partial charge is 0.504 e. The number of hydrogen-bond acceptors (Lipinski definition) is 6. The number of carbonyl (C=O) groups is 1. The van der Waals surface area contributed by atoms with Gasteiger partial charge in [0.15, 0.2) is 11.5 Å². The third-order valence-electron chi connectivity index (χ3n) is 5.31. The fraction of sp³-hybridized carbons (Fsp3) is 0.640. The summed E-state index contributed by atoms with van der Waals surface area (Å²) in [5.74, 6) is -0.834. The van der Waals surface area contributed by atoms with Crippen LogP contribution >= 0.6 is 0 Å². The normalized spacial score (nSPS) is 12.3. The maximum atomic E-state index is 12.3. The Balaban J connectivity index is 2.42. The Kier molecular flexibility index (Phi) is 15.3. The Bertz CT molecular complexity index is 628. The van der Waals surface area contributed by atoms with Gasteiger partial charge in [0, 0.05) is 19.3 Å². The van der Waals surface area contributed by atoms with Crippen molar-refractivity contribution < 1.29 is 30.0 Å². The van der Waals surface area contributed by atoms with Gasteiger partial charge < -0.3 is 25.2 Å². The number of hydrogen-bond donors (Lipinski definition) is 4. The number of aliphatic hydroxyl groups is 2. The van der Waals surface area contributed by atoms with Crippen molar-refractivity contribution in [1.29, 1.82) is 0 Å². The molecule has 0 aliphatic heterocycles. The van der Waals surface area contributed by atoms with Gasteiger partial charge in [-0.2, -0.15) is 0 Å². The molecule has 0 radical (unpaired) electrons. The van der Waals surface area contributed by atoms with E-state index >= 15 is 0 Å². The topological polar surface area (TPSA) is 107 Å². The second-order valence-corrected chi connectivity index (χ2v) is 8.05. The van der Waals surface area contributed by atoms with Crippen molar-refractivity contribution in [2.24, 2.45) is 0 Å². The van der Waals surface area contributed by atoms with Crippen LogP contribution in [0.3, 0.4) is 0 Å². The molecule has 176 valence electrons. The average molecular weight is 437 g/mol. The number of aromatic hydroxyl groups is 2. The zero-order chi connectivity index (χ0) is 22.7. The molecule has 0 saturated carbocycles. The molecule has 0 amide bonds. The summed E-state index contributed by atoms with van der Waals surface area (Å²) in [6.07, 6.45) is 15.8. The molecule has 1 aromatic rings. The van der Waals surface area contributed by atoms with Crippen LogP contribution in [0.15, 0.2) is 24.3 Å². The van der Waals surface area contributed by atoms with E-state index in [2.05, 4.69) is 0 Å². The Hall–Kier alpha value is -2.05. The van der Waals surface area contributed by atoms with Crippen LogP contribution in [0.1, 0.15) is 89.0 Å². The molecule has 1 atom stereocenters. The summed E-state index contributed by atoms with van der Waals surface area (Å²) in [5.41, 5.74) is 0.606. The van der Waals surface area contributed by atoms with Crippen molar-refractivity contribution in [2.75, 3.05) is 13.2 Å². The fourth-order valence-corrected chi connectivity index (χ4v) is 3.48. The van der Waals surface area contributed by atoms with Crippen molar-refractivity contribution in [1.82, 2.24) is 0 Å². The van der Waals surface area contributed by atoms with Crippen molar-refractivity contribution in [2.45, 2.75) is 89.6 Å². The van der Waals surface area contributed by atoms with Crippen molar-refractivity contribution in [3.8, 4) is 11.5 Å². The molecule has 0 aliphatic rings. The maximum absolute atomic E-state index is 12.3. The van der Waals surface area contributed by atoms with Crippen molar-refractivity contribution in [3.05, 3.63) is 29.8 Å². The van der Waals surface area contributed by atoms with Crippen LogP contribution in [0.5, 0.6) is 11.5 Å². The molecule has 31 heavy (non-hydrogen) atoms. The van der Waals surface area contributed by atoms with E-state index in [9.17, 15) is 15.0 Å². The molecule has 1 aromatic carbocycles. The first-order chi connectivity index (χ1) is 15.1. The number of unbranched alkanes of at least 4 members (excludes halogenated alkanes) is 9. The highest BCUT2D eigenvalue weighted by molar-refractivity contribution is 5.87. The SMILES string of the molecule is O=C(C=Cc1ccc(O)c(O)c1)OC(CCCCCCO)CCCCCCCCCO. The van der Waals surface area contributed by atoms with Crippen molar-refractivity contribution >= 4 is 12.0 Å². The van der Waals surface area contributed by atoms with Crippen LogP contribution in [0, 0.1) is 0 Å². The Labute approximate surface area is 186 Å². The third kappa shape index (κ3) is 13.8. The third-order valence-corrected chi connectivity index (χ3v) is 5.31. The number of rotatable bonds is 18. The van der Waals surface area contributed by atoms with Crippen LogP contribution in [-0.4, -0.2) is 45.7 Å². The van der Waals surface area contributed by atoms with Gasteiger partial charge in [-0.25, -0.2) is 4.79 Å². The summed E-state index contributed by atoms with van der Waals surface area (Å²) >= 11 is 0. The Morgan fingerprint density at radius 1 is 0.774 bits per heavy atom. The zero-order valence-electron chi connectivity index (χ0n) is 18.7. The summed E-state index contributed by atoms with van der Waals surface area (Å²) in [7, 11) is 0. The summed E-state index contributed by atoms with van der Waals surface area (Å²) in [5, 5.41) is 36.6. The minimum Gasteiger partial charge on any atom is -0.504 e. The molecule has 1 unspecified atom stereocenters. The molecule has 0 aliphatic carbocycles. The maximum Gasteiger partial charge on any atom is 0.331 e. The molecule has 6 nitrogen and oxygen atoms in total. The first kappa shape index (κ1) is 27.0. The predicted molar refractivity (Wildman–Crippen MR) is 123 cm³/mol. The number of benzene rings is 1. The molecule has 1 rings (SSSR count). The lowest BCUT2D eigenvalue weighted by Gasteiger charge is -2.17. The van der Waals surface area contributed by atoms with E-state index in [1.165, 1.54) is 24.6 Å². The Morgan fingerprint density at radius 2 is 1.29 bits per heavy atom. The van der Waals surface area contributed by atoms with Gasteiger partial charge >= 0.3 is 5.97 Å². The molecule has 0 aromatic heterocycles. The van der Waals surface area contributed by atoms with Gasteiger partial charge in [-0.15, -0.1) is 0 Å². The van der Waals surface area contributed by atoms with Gasteiger partial charge in [0.1, 0.15) is 6.10 Å². The highest BCUT2D eigenvalue weighted by Gasteiger charge is 2.13. The summed E-state index contributed by atoms with van der Waals surface area (Å²) in [4.78, 5) is 12.3. The molecule has 0 fully saturated rings. The van der Waals surface area contributed by atoms with E-state index in [1.54, 1.807) is 12.1 Å². The van der Waals surface area contributed by atoms with Gasteiger partial charge in [-0.1, -0.05) is 51.0 Å². The molecule has 0 bridgehead atoms. The molecule has 4 N–H and O–H groups in total. The summed E-state index contributed by atoms with van der Waals surface area (Å²) in [6.45, 7) is 0.488. The van der Waals surface area contributed by atoms with E-state index in [-0.39, 0.29) is 30.8 Å². The first-order valence-corrected chi connectivity index (χ1v) is 11.7. The zero-order valence-corrected chi connectivity index (χ0v) is 18.7. The summed E-state index contributed by atoms with van der Waals surface area (Å²) in [6, 6.07) is 4.37. The van der Waals surface area contributed by atoms with Crippen LogP contribution in [0.25, 0.3) is 6.08 Å². The second kappa shape index (κ2) is 17.6. The quantitative estimate of drug-likeness (QED) is 0.111. The lowest BCUT2D eigenvalue weighted by Crippen LogP contribution is -2.17. The number of ether oxygens (including phenoxy) is 1. The van der Waals surface area contributed by atoms with E-state index in [4.69, 9.17) is 14.9 Å². The van der Waals surface area contributed by atoms with E-state index in [0.717, 1.165) is 77.0 Å². The molecule has 0 heterocycles.